The van der Waals surface area contributed by atoms with Crippen LogP contribution in [0.25, 0.3) is 33.8 Å². The van der Waals surface area contributed by atoms with Crippen molar-refractivity contribution in [1.29, 1.82) is 0 Å². The molecule has 5 nitrogen and oxygen atoms in total. The van der Waals surface area contributed by atoms with E-state index >= 15 is 0 Å². The van der Waals surface area contributed by atoms with Gasteiger partial charge in [0.05, 0.1) is 11.0 Å². The van der Waals surface area contributed by atoms with E-state index in [2.05, 4.69) is 36.1 Å². The third-order valence-corrected chi connectivity index (χ3v) is 3.96. The first-order chi connectivity index (χ1) is 10.7. The van der Waals surface area contributed by atoms with Crippen molar-refractivity contribution in [2.45, 2.75) is 0 Å². The van der Waals surface area contributed by atoms with Crippen LogP contribution < -0.4 is 0 Å². The number of rotatable bonds is 2. The Kier molecular flexibility index (Phi) is 2.97. The highest BCUT2D eigenvalue weighted by molar-refractivity contribution is 9.10. The number of nitrogens with one attached hydrogen (secondary N) is 2. The number of benzene rings is 2. The van der Waals surface area contributed by atoms with E-state index in [0.717, 1.165) is 21.1 Å². The minimum absolute atomic E-state index is 0.0807. The number of aromatic nitrogens is 4. The summed E-state index contributed by atoms with van der Waals surface area (Å²) in [6.45, 7) is 0. The standard InChI is InChI=1S/C16H11BrN4O/c17-10-5-3-4-9(8-10)13-15(22)14(21-20-13)16-18-11-6-1-2-7-12(11)19-16/h1-8,22H,(H,18,19)(H,20,21). The number of imidazole rings is 1. The predicted molar refractivity (Wildman–Crippen MR) is 88.5 cm³/mol. The lowest BCUT2D eigenvalue weighted by atomic mass is 10.1. The van der Waals surface area contributed by atoms with Gasteiger partial charge in [0.1, 0.15) is 11.4 Å². The van der Waals surface area contributed by atoms with Crippen LogP contribution in [0.3, 0.4) is 0 Å². The maximum atomic E-state index is 10.5. The third-order valence-electron chi connectivity index (χ3n) is 3.46. The number of nitrogens with zero attached hydrogens (tertiary/aromatic N) is 2. The largest absolute Gasteiger partial charge is 0.504 e. The molecule has 0 radical (unpaired) electrons. The van der Waals surface area contributed by atoms with Crippen LogP contribution in [0.15, 0.2) is 53.0 Å². The minimum atomic E-state index is 0.0807. The average Bonchev–Trinajstić information content (AvgIpc) is 3.10. The molecule has 0 unspecified atom stereocenters. The number of hydrogen-bond acceptors (Lipinski definition) is 3. The first-order valence-corrected chi connectivity index (χ1v) is 7.50. The van der Waals surface area contributed by atoms with E-state index in [1.54, 1.807) is 0 Å². The molecule has 6 heteroatoms. The fourth-order valence-corrected chi connectivity index (χ4v) is 2.81. The maximum Gasteiger partial charge on any atom is 0.172 e. The minimum Gasteiger partial charge on any atom is -0.504 e. The Morgan fingerprint density at radius 3 is 2.73 bits per heavy atom. The molecule has 0 atom stereocenters. The summed E-state index contributed by atoms with van der Waals surface area (Å²) >= 11 is 3.42. The molecule has 4 rings (SSSR count). The van der Waals surface area contributed by atoms with E-state index in [1.165, 1.54) is 0 Å². The molecule has 0 aliphatic heterocycles. The Labute approximate surface area is 134 Å². The first kappa shape index (κ1) is 13.1. The monoisotopic (exact) mass is 354 g/mol. The van der Waals surface area contributed by atoms with Gasteiger partial charge in [-0.3, -0.25) is 5.10 Å². The van der Waals surface area contributed by atoms with Crippen molar-refractivity contribution in [2.24, 2.45) is 0 Å². The molecule has 2 aromatic heterocycles. The van der Waals surface area contributed by atoms with E-state index in [-0.39, 0.29) is 5.75 Å². The molecule has 0 aliphatic carbocycles. The molecule has 0 saturated carbocycles. The van der Waals surface area contributed by atoms with Crippen molar-refractivity contribution in [3.8, 4) is 28.5 Å². The van der Waals surface area contributed by atoms with Crippen LogP contribution in [0.1, 0.15) is 0 Å². The Morgan fingerprint density at radius 2 is 1.91 bits per heavy atom. The fourth-order valence-electron chi connectivity index (χ4n) is 2.41. The van der Waals surface area contributed by atoms with E-state index in [1.807, 2.05) is 48.5 Å². The molecular formula is C16H11BrN4O. The summed E-state index contributed by atoms with van der Waals surface area (Å²) in [6.07, 6.45) is 0. The highest BCUT2D eigenvalue weighted by Crippen LogP contribution is 2.36. The lowest BCUT2D eigenvalue weighted by Crippen LogP contribution is -1.80. The second kappa shape index (κ2) is 4.99. The van der Waals surface area contributed by atoms with E-state index in [4.69, 9.17) is 0 Å². The van der Waals surface area contributed by atoms with E-state index in [0.29, 0.717) is 17.2 Å². The van der Waals surface area contributed by atoms with Crippen molar-refractivity contribution in [3.05, 3.63) is 53.0 Å². The quantitative estimate of drug-likeness (QED) is 0.507. The molecule has 0 fully saturated rings. The van der Waals surface area contributed by atoms with Crippen LogP contribution in [0.2, 0.25) is 0 Å². The van der Waals surface area contributed by atoms with Gasteiger partial charge in [0.15, 0.2) is 11.6 Å². The molecule has 0 spiro atoms. The normalized spacial score (nSPS) is 11.1. The highest BCUT2D eigenvalue weighted by atomic mass is 79.9. The van der Waals surface area contributed by atoms with Gasteiger partial charge in [0.2, 0.25) is 0 Å². The lowest BCUT2D eigenvalue weighted by molar-refractivity contribution is 0.479. The zero-order chi connectivity index (χ0) is 15.1. The molecule has 2 aromatic carbocycles. The van der Waals surface area contributed by atoms with Gasteiger partial charge in [0, 0.05) is 10.0 Å². The van der Waals surface area contributed by atoms with Crippen molar-refractivity contribution in [1.82, 2.24) is 20.2 Å². The van der Waals surface area contributed by atoms with E-state index < -0.39 is 0 Å². The zero-order valence-electron chi connectivity index (χ0n) is 11.3. The summed E-state index contributed by atoms with van der Waals surface area (Å²) in [5.41, 5.74) is 3.56. The fraction of sp³-hybridized carbons (Fsp3) is 0. The predicted octanol–water partition coefficient (Wildman–Crippen LogP) is 4.09. The van der Waals surface area contributed by atoms with Crippen LogP contribution in [0, 0.1) is 0 Å². The third kappa shape index (κ3) is 2.08. The van der Waals surface area contributed by atoms with Crippen LogP contribution in [-0.4, -0.2) is 25.3 Å². The zero-order valence-corrected chi connectivity index (χ0v) is 12.9. The second-order valence-corrected chi connectivity index (χ2v) is 5.82. The molecule has 4 aromatic rings. The molecule has 0 aliphatic rings. The van der Waals surface area contributed by atoms with Crippen molar-refractivity contribution >= 4 is 27.0 Å². The summed E-state index contributed by atoms with van der Waals surface area (Å²) in [7, 11) is 0. The van der Waals surface area contributed by atoms with Gasteiger partial charge in [-0.1, -0.05) is 40.2 Å². The number of H-pyrrole nitrogens is 2. The van der Waals surface area contributed by atoms with Gasteiger partial charge in [-0.15, -0.1) is 0 Å². The van der Waals surface area contributed by atoms with Gasteiger partial charge in [-0.2, -0.15) is 5.10 Å². The molecule has 0 bridgehead atoms. The number of aromatic amines is 2. The van der Waals surface area contributed by atoms with Crippen molar-refractivity contribution in [3.63, 3.8) is 0 Å². The summed E-state index contributed by atoms with van der Waals surface area (Å²) in [5, 5.41) is 17.6. The summed E-state index contributed by atoms with van der Waals surface area (Å²) < 4.78 is 0.928. The molecule has 2 heterocycles. The van der Waals surface area contributed by atoms with Gasteiger partial charge in [-0.25, -0.2) is 4.98 Å². The number of aromatic hydroxyl groups is 1. The van der Waals surface area contributed by atoms with Crippen LogP contribution in [-0.2, 0) is 0 Å². The summed E-state index contributed by atoms with van der Waals surface area (Å²) in [5.74, 6) is 0.643. The Bertz CT molecular complexity index is 940. The molecule has 22 heavy (non-hydrogen) atoms. The number of fused-ring (bicyclic) bond motifs is 1. The molecular weight excluding hydrogens is 344 g/mol. The van der Waals surface area contributed by atoms with Gasteiger partial charge >= 0.3 is 0 Å². The topological polar surface area (TPSA) is 77.6 Å². The average molecular weight is 355 g/mol. The molecule has 3 N–H and O–H groups in total. The van der Waals surface area contributed by atoms with Gasteiger partial charge in [0.25, 0.3) is 0 Å². The maximum absolute atomic E-state index is 10.5. The molecule has 0 amide bonds. The number of halogens is 1. The Balaban J connectivity index is 1.84. The van der Waals surface area contributed by atoms with Crippen molar-refractivity contribution < 1.29 is 5.11 Å². The smallest absolute Gasteiger partial charge is 0.172 e. The van der Waals surface area contributed by atoms with E-state index in [9.17, 15) is 5.11 Å². The first-order valence-electron chi connectivity index (χ1n) is 6.71. The highest BCUT2D eigenvalue weighted by Gasteiger charge is 2.18. The van der Waals surface area contributed by atoms with Crippen LogP contribution in [0.5, 0.6) is 5.75 Å². The summed E-state index contributed by atoms with van der Waals surface area (Å²) in [6, 6.07) is 15.3. The van der Waals surface area contributed by atoms with Crippen LogP contribution in [0.4, 0.5) is 0 Å². The Hall–Kier alpha value is -2.60. The lowest BCUT2D eigenvalue weighted by Gasteiger charge is -1.99. The van der Waals surface area contributed by atoms with Crippen LogP contribution >= 0.6 is 15.9 Å². The number of para-hydroxylation sites is 2. The van der Waals surface area contributed by atoms with Gasteiger partial charge < -0.3 is 10.1 Å². The molecule has 108 valence electrons. The molecule has 0 saturated heterocycles. The summed E-state index contributed by atoms with van der Waals surface area (Å²) in [4.78, 5) is 7.65. The number of hydrogen-bond donors (Lipinski definition) is 3. The SMILES string of the molecule is Oc1c(-c2cccc(Br)c2)n[nH]c1-c1nc2ccccc2[nH]1. The van der Waals surface area contributed by atoms with Crippen molar-refractivity contribution in [2.75, 3.05) is 0 Å². The second-order valence-electron chi connectivity index (χ2n) is 4.91. The van der Waals surface area contributed by atoms with Gasteiger partial charge in [-0.05, 0) is 24.3 Å². The Morgan fingerprint density at radius 1 is 1.05 bits per heavy atom.